The van der Waals surface area contributed by atoms with Gasteiger partial charge in [0.2, 0.25) is 5.91 Å². The van der Waals surface area contributed by atoms with Gasteiger partial charge < -0.3 is 25.9 Å². The minimum Gasteiger partial charge on any atom is -0.549 e. The van der Waals surface area contributed by atoms with Crippen LogP contribution < -0.4 is 45.7 Å². The molecule has 0 spiro atoms. The molecule has 2 aromatic heterocycles. The van der Waals surface area contributed by atoms with Gasteiger partial charge in [0, 0.05) is 34.4 Å². The van der Waals surface area contributed by atoms with E-state index >= 15 is 0 Å². The average molecular weight is 555 g/mol. The van der Waals surface area contributed by atoms with Crippen molar-refractivity contribution in [2.45, 2.75) is 22.7 Å². The first-order valence-corrected chi connectivity index (χ1v) is 13.3. The predicted octanol–water partition coefficient (Wildman–Crippen LogP) is -2.60. The third-order valence-electron chi connectivity index (χ3n) is 5.00. The number of nitrogens with one attached hydrogen (secondary N) is 1. The number of β-lactam (4-membered cyclic amide) rings is 1. The molecule has 2 unspecified atom stereocenters. The van der Waals surface area contributed by atoms with E-state index < -0.39 is 23.3 Å². The summed E-state index contributed by atoms with van der Waals surface area (Å²) in [6.07, 6.45) is 0. The molecular weight excluding hydrogens is 539 g/mol. The molecule has 33 heavy (non-hydrogen) atoms. The SMILES string of the molecule is Cc1nnc(SCC2(C(=O)[O-])CS[C@@H]3C(NC(=O)C(=CCl)c4csc(N)n4)C(=O)N3C2)s1.[Na+]. The van der Waals surface area contributed by atoms with E-state index in [-0.39, 0.29) is 69.6 Å². The number of aryl methyl sites for hydroxylation is 1. The van der Waals surface area contributed by atoms with Gasteiger partial charge in [0.1, 0.15) is 16.4 Å². The molecule has 170 valence electrons. The van der Waals surface area contributed by atoms with Crippen LogP contribution in [-0.2, 0) is 14.4 Å². The number of anilines is 1. The average Bonchev–Trinajstić information content (AvgIpc) is 3.38. The van der Waals surface area contributed by atoms with E-state index in [4.69, 9.17) is 17.3 Å². The fourth-order valence-corrected chi connectivity index (χ4v) is 7.73. The predicted molar refractivity (Wildman–Crippen MR) is 123 cm³/mol. The summed E-state index contributed by atoms with van der Waals surface area (Å²) < 4.78 is 0.665. The summed E-state index contributed by atoms with van der Waals surface area (Å²) in [4.78, 5) is 42.9. The van der Waals surface area contributed by atoms with Gasteiger partial charge in [-0.3, -0.25) is 9.59 Å². The van der Waals surface area contributed by atoms with Gasteiger partial charge in [-0.25, -0.2) is 4.98 Å². The van der Waals surface area contributed by atoms with E-state index in [0.717, 1.165) is 10.5 Å². The van der Waals surface area contributed by atoms with Gasteiger partial charge in [-0.1, -0.05) is 34.7 Å². The van der Waals surface area contributed by atoms with E-state index in [1.54, 1.807) is 5.38 Å². The molecular formula is C17H16ClN6NaO4S4. The van der Waals surface area contributed by atoms with Crippen molar-refractivity contribution in [3.63, 3.8) is 0 Å². The monoisotopic (exact) mass is 554 g/mol. The van der Waals surface area contributed by atoms with Crippen molar-refractivity contribution in [2.24, 2.45) is 5.41 Å². The summed E-state index contributed by atoms with van der Waals surface area (Å²) in [5.41, 5.74) is 5.89. The second-order valence-corrected chi connectivity index (χ2v) is 11.8. The zero-order valence-corrected chi connectivity index (χ0v) is 23.5. The van der Waals surface area contributed by atoms with Crippen LogP contribution >= 0.6 is 57.8 Å². The second kappa shape index (κ2) is 10.8. The first-order chi connectivity index (χ1) is 15.2. The van der Waals surface area contributed by atoms with Gasteiger partial charge in [-0.05, 0) is 6.92 Å². The summed E-state index contributed by atoms with van der Waals surface area (Å²) >= 11 is 10.9. The van der Waals surface area contributed by atoms with Crippen molar-refractivity contribution < 1.29 is 49.0 Å². The fraction of sp³-hybridized carbons (Fsp3) is 0.412. The minimum absolute atomic E-state index is 0. The Hall–Kier alpha value is -0.870. The number of hydrogen-bond acceptors (Lipinski definition) is 12. The van der Waals surface area contributed by atoms with Gasteiger partial charge in [-0.2, -0.15) is 0 Å². The van der Waals surface area contributed by atoms with Crippen LogP contribution in [0.4, 0.5) is 5.13 Å². The number of halogens is 1. The van der Waals surface area contributed by atoms with Gasteiger partial charge in [0.15, 0.2) is 9.47 Å². The largest absolute Gasteiger partial charge is 1.00 e. The maximum absolute atomic E-state index is 12.7. The van der Waals surface area contributed by atoms with Gasteiger partial charge >= 0.3 is 29.6 Å². The van der Waals surface area contributed by atoms with Crippen molar-refractivity contribution in [2.75, 3.05) is 23.8 Å². The third-order valence-corrected chi connectivity index (χ3v) is 9.74. The number of aliphatic carboxylic acids is 1. The molecule has 4 heterocycles. The molecule has 3 N–H and O–H groups in total. The normalized spacial score (nSPS) is 24.5. The zero-order chi connectivity index (χ0) is 23.0. The number of hydrogen-bond donors (Lipinski definition) is 2. The maximum Gasteiger partial charge on any atom is 1.00 e. The van der Waals surface area contributed by atoms with Crippen LogP contribution in [-0.4, -0.2) is 67.3 Å². The van der Waals surface area contributed by atoms with Crippen molar-refractivity contribution in [3.05, 3.63) is 21.6 Å². The van der Waals surface area contributed by atoms with E-state index in [1.807, 2.05) is 6.92 Å². The number of amides is 2. The fourth-order valence-electron chi connectivity index (χ4n) is 3.29. The summed E-state index contributed by atoms with van der Waals surface area (Å²) in [6.45, 7) is 1.82. The molecule has 0 aliphatic carbocycles. The second-order valence-electron chi connectivity index (χ2n) is 7.16. The Bertz CT molecular complexity index is 1110. The summed E-state index contributed by atoms with van der Waals surface area (Å²) in [7, 11) is 0. The van der Waals surface area contributed by atoms with E-state index in [0.29, 0.717) is 10.0 Å². The molecule has 2 fully saturated rings. The van der Waals surface area contributed by atoms with E-state index in [2.05, 4.69) is 20.5 Å². The van der Waals surface area contributed by atoms with Crippen LogP contribution in [0.15, 0.2) is 15.3 Å². The van der Waals surface area contributed by atoms with E-state index in [9.17, 15) is 19.5 Å². The quantitative estimate of drug-likeness (QED) is 0.161. The number of nitrogens with two attached hydrogens (primary N) is 1. The number of carbonyl (C=O) groups is 3. The molecule has 2 aliphatic rings. The molecule has 0 radical (unpaired) electrons. The summed E-state index contributed by atoms with van der Waals surface area (Å²) in [5.74, 6) is -1.69. The molecule has 0 saturated carbocycles. The molecule has 10 nitrogen and oxygen atoms in total. The number of thiazole rings is 1. The van der Waals surface area contributed by atoms with Crippen LogP contribution in [0.3, 0.4) is 0 Å². The molecule has 4 rings (SSSR count). The number of rotatable bonds is 7. The standard InChI is InChI=1S/C17H17ClN6O4S4.Na/c1-7-22-23-16(32-7)31-6-17(14(27)28)4-24-12(26)10(13(24)30-5-17)21-11(25)8(2-18)9-3-29-15(19)20-9;/h2-3,10,13H,4-6H2,1H3,(H2,19,20)(H,21,25)(H,27,28);/q;+1/p-1/t10?,13-,17?;/m1./s1. The van der Waals surface area contributed by atoms with Crippen LogP contribution in [0.1, 0.15) is 10.7 Å². The van der Waals surface area contributed by atoms with Gasteiger partial charge in [0.05, 0.1) is 17.2 Å². The van der Waals surface area contributed by atoms with Crippen LogP contribution in [0.2, 0.25) is 0 Å². The molecule has 2 aliphatic heterocycles. The van der Waals surface area contributed by atoms with Crippen molar-refractivity contribution in [1.82, 2.24) is 25.4 Å². The topological polar surface area (TPSA) is 154 Å². The Morgan fingerprint density at radius 1 is 1.48 bits per heavy atom. The van der Waals surface area contributed by atoms with Crippen molar-refractivity contribution in [3.8, 4) is 0 Å². The number of thioether (sulfide) groups is 2. The molecule has 0 aromatic carbocycles. The zero-order valence-electron chi connectivity index (χ0n) is 17.4. The summed E-state index contributed by atoms with van der Waals surface area (Å²) in [6, 6.07) is -0.784. The number of aromatic nitrogens is 3. The number of nitrogen functional groups attached to an aromatic ring is 1. The maximum atomic E-state index is 12.7. The first-order valence-electron chi connectivity index (χ1n) is 9.13. The smallest absolute Gasteiger partial charge is 0.549 e. The molecule has 0 bridgehead atoms. The number of carbonyl (C=O) groups excluding carboxylic acids is 3. The van der Waals surface area contributed by atoms with Crippen LogP contribution in [0.5, 0.6) is 0 Å². The van der Waals surface area contributed by atoms with Gasteiger partial charge in [0.25, 0.3) is 5.91 Å². The summed E-state index contributed by atoms with van der Waals surface area (Å²) in [5, 5.41) is 24.9. The van der Waals surface area contributed by atoms with Crippen LogP contribution in [0, 0.1) is 12.3 Å². The minimum atomic E-state index is -1.23. The Balaban J connectivity index is 0.00000306. The van der Waals surface area contributed by atoms with Gasteiger partial charge in [-0.15, -0.1) is 33.3 Å². The van der Waals surface area contributed by atoms with Crippen molar-refractivity contribution >= 4 is 86.3 Å². The Morgan fingerprint density at radius 3 is 2.82 bits per heavy atom. The Labute approximate surface area is 232 Å². The first kappa shape index (κ1) is 26.7. The van der Waals surface area contributed by atoms with Crippen molar-refractivity contribution in [1.29, 1.82) is 0 Å². The molecule has 3 atom stereocenters. The molecule has 16 heteroatoms. The number of carboxylic acid groups (broad SMARTS) is 1. The Morgan fingerprint density at radius 2 is 2.24 bits per heavy atom. The molecule has 2 amide bonds. The van der Waals surface area contributed by atoms with Crippen LogP contribution in [0.25, 0.3) is 5.57 Å². The number of nitrogens with zero attached hydrogens (tertiary/aromatic N) is 4. The Kier molecular flexibility index (Phi) is 8.76. The third kappa shape index (κ3) is 5.37. The molecule has 2 aromatic rings. The number of fused-ring (bicyclic) bond motifs is 1. The number of carboxylic acids is 1. The molecule has 2 saturated heterocycles. The van der Waals surface area contributed by atoms with E-state index in [1.165, 1.54) is 51.1 Å².